The van der Waals surface area contributed by atoms with E-state index in [4.69, 9.17) is 11.6 Å². The third-order valence-electron chi connectivity index (χ3n) is 3.92. The maximum atomic E-state index is 13.4. The van der Waals surface area contributed by atoms with Gasteiger partial charge < -0.3 is 4.90 Å². The van der Waals surface area contributed by atoms with Crippen molar-refractivity contribution in [2.24, 2.45) is 4.99 Å². The van der Waals surface area contributed by atoms with Crippen LogP contribution in [0.1, 0.15) is 5.56 Å². The number of aromatic nitrogens is 1. The van der Waals surface area contributed by atoms with Crippen LogP contribution in [0.2, 0.25) is 5.02 Å². The Bertz CT molecular complexity index is 1100. The third kappa shape index (κ3) is 3.23. The summed E-state index contributed by atoms with van der Waals surface area (Å²) in [6, 6.07) is 13.6. The van der Waals surface area contributed by atoms with Crippen molar-refractivity contribution in [3.8, 4) is 0 Å². The number of halogens is 2. The molecule has 1 aliphatic heterocycles. The van der Waals surface area contributed by atoms with Gasteiger partial charge in [0.1, 0.15) is 19.2 Å². The number of nitrogens with zero attached hydrogens (tertiary/aromatic N) is 3. The fourth-order valence-electron chi connectivity index (χ4n) is 2.66. The minimum Gasteiger partial charge on any atom is -0.333 e. The van der Waals surface area contributed by atoms with Crippen LogP contribution in [0.3, 0.4) is 0 Å². The molecule has 0 unspecified atom stereocenters. The molecule has 0 radical (unpaired) electrons. The van der Waals surface area contributed by atoms with Crippen LogP contribution in [0.15, 0.2) is 58.3 Å². The van der Waals surface area contributed by atoms with Crippen LogP contribution in [-0.2, 0) is 6.67 Å². The van der Waals surface area contributed by atoms with Gasteiger partial charge in [0.15, 0.2) is 4.80 Å². The van der Waals surface area contributed by atoms with E-state index >= 15 is 0 Å². The first-order valence-electron chi connectivity index (χ1n) is 7.62. The summed E-state index contributed by atoms with van der Waals surface area (Å²) >= 11 is 7.25. The minimum atomic E-state index is -0.308. The van der Waals surface area contributed by atoms with Crippen molar-refractivity contribution < 1.29 is 4.39 Å². The SMILES string of the molecule is O=c1c(=Cc2ccc(Cl)cc2)sc2n1CN(c1cccc(F)c1)CN=2. The topological polar surface area (TPSA) is 37.6 Å². The van der Waals surface area contributed by atoms with E-state index in [1.165, 1.54) is 23.5 Å². The van der Waals surface area contributed by atoms with Crippen molar-refractivity contribution in [3.63, 3.8) is 0 Å². The standard InChI is InChI=1S/C18H13ClFN3OS/c19-13-6-4-12(5-7-13)8-16-17(24)23-11-22(10-21-18(23)25-16)15-3-1-2-14(20)9-15/h1-9H,10-11H2. The first-order valence-corrected chi connectivity index (χ1v) is 8.81. The second-order valence-corrected chi connectivity index (χ2v) is 7.08. The molecule has 4 rings (SSSR count). The summed E-state index contributed by atoms with van der Waals surface area (Å²) in [5.41, 5.74) is 1.51. The molecule has 0 atom stereocenters. The highest BCUT2D eigenvalue weighted by Crippen LogP contribution is 2.16. The van der Waals surface area contributed by atoms with Gasteiger partial charge in [0.05, 0.1) is 4.53 Å². The molecule has 1 aromatic heterocycles. The van der Waals surface area contributed by atoms with E-state index in [9.17, 15) is 9.18 Å². The van der Waals surface area contributed by atoms with Crippen LogP contribution < -0.4 is 19.8 Å². The molecule has 1 aliphatic rings. The maximum absolute atomic E-state index is 13.4. The van der Waals surface area contributed by atoms with E-state index in [0.29, 0.717) is 33.4 Å². The number of benzene rings is 2. The summed E-state index contributed by atoms with van der Waals surface area (Å²) in [5.74, 6) is -0.308. The zero-order valence-corrected chi connectivity index (χ0v) is 14.6. The first kappa shape index (κ1) is 16.1. The molecule has 0 saturated carbocycles. The van der Waals surface area contributed by atoms with E-state index < -0.39 is 0 Å². The number of hydrogen-bond acceptors (Lipinski definition) is 4. The van der Waals surface area contributed by atoms with Gasteiger partial charge in [-0.15, -0.1) is 0 Å². The summed E-state index contributed by atoms with van der Waals surface area (Å²) in [6.45, 7) is 0.746. The van der Waals surface area contributed by atoms with Crippen LogP contribution in [0.4, 0.5) is 10.1 Å². The van der Waals surface area contributed by atoms with Crippen LogP contribution in [0, 0.1) is 5.82 Å². The highest BCUT2D eigenvalue weighted by Gasteiger charge is 2.16. The molecule has 0 fully saturated rings. The molecule has 2 heterocycles. The van der Waals surface area contributed by atoms with E-state index in [2.05, 4.69) is 4.99 Å². The molecule has 4 nitrogen and oxygen atoms in total. The van der Waals surface area contributed by atoms with Gasteiger partial charge >= 0.3 is 0 Å². The average Bonchev–Trinajstić information content (AvgIpc) is 2.92. The summed E-state index contributed by atoms with van der Waals surface area (Å²) in [6.07, 6.45) is 1.83. The second kappa shape index (κ2) is 6.46. The fourth-order valence-corrected chi connectivity index (χ4v) is 3.75. The summed E-state index contributed by atoms with van der Waals surface area (Å²) in [5, 5.41) is 0.653. The number of anilines is 1. The number of fused-ring (bicyclic) bond motifs is 1. The number of thiazole rings is 1. The average molecular weight is 374 g/mol. The van der Waals surface area contributed by atoms with E-state index in [1.54, 1.807) is 22.8 Å². The Morgan fingerprint density at radius 2 is 2.00 bits per heavy atom. The molecule has 0 N–H and O–H groups in total. The lowest BCUT2D eigenvalue weighted by molar-refractivity contribution is 0.565. The normalized spacial score (nSPS) is 14.3. The van der Waals surface area contributed by atoms with Gasteiger partial charge in [-0.05, 0) is 42.0 Å². The van der Waals surface area contributed by atoms with Gasteiger partial charge in [-0.25, -0.2) is 9.38 Å². The molecule has 0 spiro atoms. The molecule has 3 aromatic rings. The van der Waals surface area contributed by atoms with Crippen molar-refractivity contribution in [2.45, 2.75) is 6.67 Å². The predicted molar refractivity (Wildman–Crippen MR) is 98.1 cm³/mol. The van der Waals surface area contributed by atoms with Crippen LogP contribution >= 0.6 is 22.9 Å². The van der Waals surface area contributed by atoms with Crippen molar-refractivity contribution in [1.82, 2.24) is 4.57 Å². The smallest absolute Gasteiger partial charge is 0.271 e. The largest absolute Gasteiger partial charge is 0.333 e. The predicted octanol–water partition coefficient (Wildman–Crippen LogP) is 2.59. The van der Waals surface area contributed by atoms with Crippen molar-refractivity contribution in [1.29, 1.82) is 0 Å². The molecular formula is C18H13ClFN3OS. The van der Waals surface area contributed by atoms with E-state index in [0.717, 1.165) is 5.56 Å². The van der Waals surface area contributed by atoms with Gasteiger partial charge in [0.2, 0.25) is 0 Å². The Kier molecular flexibility index (Phi) is 4.15. The van der Waals surface area contributed by atoms with Gasteiger partial charge in [-0.2, -0.15) is 0 Å². The van der Waals surface area contributed by atoms with Crippen LogP contribution in [0.5, 0.6) is 0 Å². The fraction of sp³-hybridized carbons (Fsp3) is 0.111. The molecular weight excluding hydrogens is 361 g/mol. The number of rotatable bonds is 2. The van der Waals surface area contributed by atoms with Crippen molar-refractivity contribution in [3.05, 3.63) is 84.6 Å². The van der Waals surface area contributed by atoms with Gasteiger partial charge in [-0.1, -0.05) is 41.1 Å². The Labute approximate surface area is 151 Å². The molecule has 0 saturated heterocycles. The van der Waals surface area contributed by atoms with Crippen LogP contribution in [0.25, 0.3) is 6.08 Å². The third-order valence-corrected chi connectivity index (χ3v) is 5.21. The zero-order valence-electron chi connectivity index (χ0n) is 13.0. The molecule has 2 aromatic carbocycles. The van der Waals surface area contributed by atoms with E-state index in [-0.39, 0.29) is 11.4 Å². The summed E-state index contributed by atoms with van der Waals surface area (Å²) < 4.78 is 15.7. The van der Waals surface area contributed by atoms with Crippen molar-refractivity contribution in [2.75, 3.05) is 11.6 Å². The summed E-state index contributed by atoms with van der Waals surface area (Å²) in [7, 11) is 0. The van der Waals surface area contributed by atoms with Gasteiger partial charge in [-0.3, -0.25) is 9.36 Å². The zero-order chi connectivity index (χ0) is 17.4. The van der Waals surface area contributed by atoms with Gasteiger partial charge in [0.25, 0.3) is 5.56 Å². The quantitative estimate of drug-likeness (QED) is 0.692. The maximum Gasteiger partial charge on any atom is 0.271 e. The highest BCUT2D eigenvalue weighted by molar-refractivity contribution is 7.07. The lowest BCUT2D eigenvalue weighted by Gasteiger charge is -2.25. The Hall–Kier alpha value is -2.44. The highest BCUT2D eigenvalue weighted by atomic mass is 35.5. The van der Waals surface area contributed by atoms with Gasteiger partial charge in [0, 0.05) is 10.7 Å². The Morgan fingerprint density at radius 3 is 2.76 bits per heavy atom. The number of hydrogen-bond donors (Lipinski definition) is 0. The summed E-state index contributed by atoms with van der Waals surface area (Å²) in [4.78, 5) is 19.7. The lowest BCUT2D eigenvalue weighted by atomic mass is 10.2. The first-order chi connectivity index (χ1) is 12.1. The van der Waals surface area contributed by atoms with E-state index in [1.807, 2.05) is 29.2 Å². The minimum absolute atomic E-state index is 0.0974. The molecule has 0 aliphatic carbocycles. The Morgan fingerprint density at radius 1 is 1.20 bits per heavy atom. The molecule has 7 heteroatoms. The second-order valence-electron chi connectivity index (χ2n) is 5.64. The van der Waals surface area contributed by atoms with Crippen molar-refractivity contribution >= 4 is 34.7 Å². The monoisotopic (exact) mass is 373 g/mol. The lowest BCUT2D eigenvalue weighted by Crippen LogP contribution is -2.42. The molecule has 0 amide bonds. The molecule has 0 bridgehead atoms. The molecule has 126 valence electrons. The molecule has 25 heavy (non-hydrogen) atoms. The van der Waals surface area contributed by atoms with Crippen LogP contribution in [-0.4, -0.2) is 11.2 Å². The Balaban J connectivity index is 1.71.